The number of aryl methyl sites for hydroxylation is 1. The molecule has 0 fully saturated rings. The molecule has 7 nitrogen and oxygen atoms in total. The topological polar surface area (TPSA) is 93.8 Å². The van der Waals surface area contributed by atoms with E-state index < -0.39 is 23.2 Å². The van der Waals surface area contributed by atoms with E-state index in [2.05, 4.69) is 4.98 Å². The highest BCUT2D eigenvalue weighted by Crippen LogP contribution is 2.45. The summed E-state index contributed by atoms with van der Waals surface area (Å²) in [5, 5.41) is 22.6. The van der Waals surface area contributed by atoms with E-state index >= 15 is 4.39 Å². The Morgan fingerprint density at radius 3 is 2.54 bits per heavy atom. The van der Waals surface area contributed by atoms with Crippen LogP contribution in [0.5, 0.6) is 17.4 Å². The van der Waals surface area contributed by atoms with E-state index in [9.17, 15) is 15.0 Å². The summed E-state index contributed by atoms with van der Waals surface area (Å²) >= 11 is 7.49. The van der Waals surface area contributed by atoms with Crippen LogP contribution in [0, 0.1) is 5.82 Å². The second-order valence-electron chi connectivity index (χ2n) is 8.70. The number of nitrogens with zero attached hydrogens (tertiary/aromatic N) is 2. The highest BCUT2D eigenvalue weighted by Gasteiger charge is 2.31. The van der Waals surface area contributed by atoms with Crippen LogP contribution in [0.2, 0.25) is 5.02 Å². The van der Waals surface area contributed by atoms with Gasteiger partial charge in [-0.3, -0.25) is 9.36 Å². The molecular formula is C29H24ClFN2O5S. The number of thiazole rings is 1. The monoisotopic (exact) mass is 566 g/mol. The lowest BCUT2D eigenvalue weighted by atomic mass is 9.99. The molecule has 0 aliphatic heterocycles. The fourth-order valence-electron chi connectivity index (χ4n) is 4.28. The molecule has 0 unspecified atom stereocenters. The highest BCUT2D eigenvalue weighted by molar-refractivity contribution is 7.21. The van der Waals surface area contributed by atoms with Crippen molar-refractivity contribution in [1.82, 2.24) is 9.55 Å². The predicted octanol–water partition coefficient (Wildman–Crippen LogP) is 6.80. The van der Waals surface area contributed by atoms with Gasteiger partial charge in [0, 0.05) is 19.1 Å². The van der Waals surface area contributed by atoms with Gasteiger partial charge in [-0.05, 0) is 48.4 Å². The van der Waals surface area contributed by atoms with E-state index in [1.165, 1.54) is 34.1 Å². The van der Waals surface area contributed by atoms with Crippen LogP contribution in [0.3, 0.4) is 0 Å². The van der Waals surface area contributed by atoms with Crippen LogP contribution < -0.4 is 4.74 Å². The summed E-state index contributed by atoms with van der Waals surface area (Å²) in [6, 6.07) is 18.4. The summed E-state index contributed by atoms with van der Waals surface area (Å²) in [6.45, 7) is 0.897. The van der Waals surface area contributed by atoms with Gasteiger partial charge in [-0.2, -0.15) is 0 Å². The Labute approximate surface area is 232 Å². The summed E-state index contributed by atoms with van der Waals surface area (Å²) in [4.78, 5) is 18.1. The molecule has 5 rings (SSSR count). The number of hydrogen-bond donors (Lipinski definition) is 2. The van der Waals surface area contributed by atoms with Gasteiger partial charge in [0.05, 0.1) is 27.6 Å². The number of para-hydroxylation sites is 1. The van der Waals surface area contributed by atoms with E-state index in [0.717, 1.165) is 10.3 Å². The standard InChI is InChI=1S/C29H24ClFN2O5S/c1-37-15-16-38-18-12-9-17(10-13-18)11-14-22(34)24-26(19-5-2-3-7-21(19)31)33(28(36)27(24)35)29-32-25-20(30)6-4-8-23(25)39-29/h2-10,12-13,35-36H,11,14-16H2,1H3. The summed E-state index contributed by atoms with van der Waals surface area (Å²) in [5.74, 6) is -1.64. The van der Waals surface area contributed by atoms with E-state index in [1.54, 1.807) is 37.4 Å². The predicted molar refractivity (Wildman–Crippen MR) is 149 cm³/mol. The van der Waals surface area contributed by atoms with Crippen molar-refractivity contribution in [2.75, 3.05) is 20.3 Å². The number of methoxy groups -OCH3 is 1. The molecule has 0 saturated carbocycles. The SMILES string of the molecule is COCCOc1ccc(CCC(=O)c2c(O)c(O)n(-c3nc4c(Cl)cccc4s3)c2-c2ccccc2F)cc1. The molecular weight excluding hydrogens is 543 g/mol. The third-order valence-corrected chi connectivity index (χ3v) is 7.51. The van der Waals surface area contributed by atoms with E-state index in [1.807, 2.05) is 18.2 Å². The lowest BCUT2D eigenvalue weighted by Gasteiger charge is -2.10. The van der Waals surface area contributed by atoms with E-state index in [-0.39, 0.29) is 28.4 Å². The molecule has 10 heteroatoms. The number of fused-ring (bicyclic) bond motifs is 1. The summed E-state index contributed by atoms with van der Waals surface area (Å²) in [5.41, 5.74) is 1.25. The van der Waals surface area contributed by atoms with Crippen LogP contribution in [-0.2, 0) is 11.2 Å². The summed E-state index contributed by atoms with van der Waals surface area (Å²) in [6.07, 6.45) is 0.365. The number of benzene rings is 3. The number of ether oxygens (including phenoxy) is 2. The molecule has 0 saturated heterocycles. The number of aromatic nitrogens is 2. The van der Waals surface area contributed by atoms with Gasteiger partial charge in [0.1, 0.15) is 23.7 Å². The molecule has 200 valence electrons. The van der Waals surface area contributed by atoms with Crippen LogP contribution in [-0.4, -0.2) is 45.9 Å². The Bertz CT molecular complexity index is 1650. The zero-order valence-corrected chi connectivity index (χ0v) is 22.4. The Balaban J connectivity index is 1.52. The molecule has 39 heavy (non-hydrogen) atoms. The zero-order chi connectivity index (χ0) is 27.5. The normalized spacial score (nSPS) is 11.3. The molecule has 2 aromatic heterocycles. The lowest BCUT2D eigenvalue weighted by molar-refractivity contribution is 0.0981. The van der Waals surface area contributed by atoms with Crippen LogP contribution >= 0.6 is 22.9 Å². The smallest absolute Gasteiger partial charge is 0.242 e. The average Bonchev–Trinajstić information content (AvgIpc) is 3.48. The average molecular weight is 567 g/mol. The molecule has 0 aliphatic carbocycles. The quantitative estimate of drug-likeness (QED) is 0.143. The first-order valence-corrected chi connectivity index (χ1v) is 13.3. The highest BCUT2D eigenvalue weighted by atomic mass is 35.5. The van der Waals surface area contributed by atoms with Gasteiger partial charge in [-0.1, -0.05) is 53.3 Å². The summed E-state index contributed by atoms with van der Waals surface area (Å²) < 4.78 is 27.6. The van der Waals surface area contributed by atoms with Crippen molar-refractivity contribution >= 4 is 38.9 Å². The Kier molecular flexibility index (Phi) is 7.83. The number of ketones is 1. The van der Waals surface area contributed by atoms with E-state index in [0.29, 0.717) is 35.9 Å². The number of rotatable bonds is 10. The zero-order valence-electron chi connectivity index (χ0n) is 20.9. The third kappa shape index (κ3) is 5.34. The van der Waals surface area contributed by atoms with Gasteiger partial charge >= 0.3 is 0 Å². The Morgan fingerprint density at radius 1 is 1.05 bits per heavy atom. The van der Waals surface area contributed by atoms with Crippen molar-refractivity contribution in [3.05, 3.63) is 88.7 Å². The molecule has 2 N–H and O–H groups in total. The number of hydrogen-bond acceptors (Lipinski definition) is 7. The number of carbonyl (C=O) groups is 1. The molecule has 0 radical (unpaired) electrons. The number of Topliss-reactive ketones (excluding diaryl/α,β-unsaturated/α-hetero) is 1. The third-order valence-electron chi connectivity index (χ3n) is 6.20. The largest absolute Gasteiger partial charge is 0.503 e. The van der Waals surface area contributed by atoms with E-state index in [4.69, 9.17) is 21.1 Å². The number of halogens is 2. The first-order valence-electron chi connectivity index (χ1n) is 12.1. The van der Waals surface area contributed by atoms with Crippen LogP contribution in [0.4, 0.5) is 4.39 Å². The van der Waals surface area contributed by atoms with Gasteiger partial charge in [-0.15, -0.1) is 0 Å². The number of carbonyl (C=O) groups excluding carboxylic acids is 1. The molecule has 0 bridgehead atoms. The summed E-state index contributed by atoms with van der Waals surface area (Å²) in [7, 11) is 1.60. The minimum Gasteiger partial charge on any atom is -0.503 e. The fraction of sp³-hybridized carbons (Fsp3) is 0.172. The fourth-order valence-corrected chi connectivity index (χ4v) is 5.56. The molecule has 0 atom stereocenters. The Hall–Kier alpha value is -3.92. The Morgan fingerprint density at radius 2 is 1.82 bits per heavy atom. The maximum Gasteiger partial charge on any atom is 0.242 e. The van der Waals surface area contributed by atoms with Gasteiger partial charge < -0.3 is 19.7 Å². The van der Waals surface area contributed by atoms with Gasteiger partial charge in [0.15, 0.2) is 16.7 Å². The molecule has 3 aromatic carbocycles. The van der Waals surface area contributed by atoms with Crippen molar-refractivity contribution in [1.29, 1.82) is 0 Å². The molecule has 0 aliphatic rings. The second kappa shape index (κ2) is 11.4. The molecule has 5 aromatic rings. The van der Waals surface area contributed by atoms with Crippen molar-refractivity contribution in [3.63, 3.8) is 0 Å². The molecule has 0 amide bonds. The second-order valence-corrected chi connectivity index (χ2v) is 10.1. The minimum absolute atomic E-state index is 0.00795. The first-order chi connectivity index (χ1) is 18.9. The van der Waals surface area contributed by atoms with Crippen LogP contribution in [0.1, 0.15) is 22.3 Å². The van der Waals surface area contributed by atoms with Gasteiger partial charge in [0.2, 0.25) is 5.88 Å². The van der Waals surface area contributed by atoms with Crippen molar-refractivity contribution < 1.29 is 28.9 Å². The molecule has 2 heterocycles. The molecule has 0 spiro atoms. The van der Waals surface area contributed by atoms with Crippen LogP contribution in [0.15, 0.2) is 66.7 Å². The van der Waals surface area contributed by atoms with Gasteiger partial charge in [-0.25, -0.2) is 9.37 Å². The van der Waals surface area contributed by atoms with Crippen molar-refractivity contribution in [2.45, 2.75) is 12.8 Å². The maximum atomic E-state index is 15.1. The number of aromatic hydroxyl groups is 2. The minimum atomic E-state index is -0.634. The van der Waals surface area contributed by atoms with Crippen molar-refractivity contribution in [2.24, 2.45) is 0 Å². The maximum absolute atomic E-state index is 15.1. The first kappa shape index (κ1) is 26.7. The lowest BCUT2D eigenvalue weighted by Crippen LogP contribution is -2.06. The van der Waals surface area contributed by atoms with Crippen LogP contribution in [0.25, 0.3) is 26.6 Å². The van der Waals surface area contributed by atoms with Crippen molar-refractivity contribution in [3.8, 4) is 33.8 Å². The van der Waals surface area contributed by atoms with Gasteiger partial charge in [0.25, 0.3) is 0 Å².